The van der Waals surface area contributed by atoms with E-state index in [2.05, 4.69) is 10.0 Å². The van der Waals surface area contributed by atoms with Gasteiger partial charge in [-0.3, -0.25) is 0 Å². The third-order valence-electron chi connectivity index (χ3n) is 1.97. The minimum atomic E-state index is -3.04. The zero-order valence-corrected chi connectivity index (χ0v) is 11.5. The highest BCUT2D eigenvalue weighted by Gasteiger charge is 1.97. The van der Waals surface area contributed by atoms with Gasteiger partial charge in [0, 0.05) is 20.3 Å². The maximum Gasteiger partial charge on any atom is 0.208 e. The van der Waals surface area contributed by atoms with Crippen molar-refractivity contribution < 1.29 is 17.9 Å². The van der Waals surface area contributed by atoms with Crippen LogP contribution in [0.5, 0.6) is 0 Å². The van der Waals surface area contributed by atoms with E-state index in [4.69, 9.17) is 9.47 Å². The maximum atomic E-state index is 10.7. The number of sulfonamides is 1. The third-order valence-corrected chi connectivity index (χ3v) is 2.70. The summed E-state index contributed by atoms with van der Waals surface area (Å²) in [5, 5.41) is 3.22. The second-order valence-corrected chi connectivity index (χ2v) is 5.56. The van der Waals surface area contributed by atoms with Crippen molar-refractivity contribution in [3.63, 3.8) is 0 Å². The van der Waals surface area contributed by atoms with E-state index in [1.807, 2.05) is 0 Å². The summed E-state index contributed by atoms with van der Waals surface area (Å²) < 4.78 is 34.0. The van der Waals surface area contributed by atoms with E-state index in [1.54, 1.807) is 7.11 Å². The number of hydrogen-bond acceptors (Lipinski definition) is 5. The zero-order valence-electron chi connectivity index (χ0n) is 10.7. The summed E-state index contributed by atoms with van der Waals surface area (Å²) >= 11 is 0. The Balaban J connectivity index is 3.04. The molecule has 0 heterocycles. The summed E-state index contributed by atoms with van der Waals surface area (Å²) in [6.07, 6.45) is 2.90. The van der Waals surface area contributed by atoms with Crippen LogP contribution >= 0.6 is 0 Å². The van der Waals surface area contributed by atoms with Crippen LogP contribution in [-0.2, 0) is 19.5 Å². The predicted octanol–water partition coefficient (Wildman–Crippen LogP) is -0.432. The molecule has 2 N–H and O–H groups in total. The Bertz CT molecular complexity index is 257. The zero-order chi connectivity index (χ0) is 13.0. The lowest BCUT2D eigenvalue weighted by Gasteiger charge is -2.06. The van der Waals surface area contributed by atoms with Crippen LogP contribution in [0, 0.1) is 0 Å². The van der Waals surface area contributed by atoms with Gasteiger partial charge in [-0.15, -0.1) is 0 Å². The Morgan fingerprint density at radius 2 is 1.71 bits per heavy atom. The summed E-state index contributed by atoms with van der Waals surface area (Å²) in [6.45, 7) is 4.15. The molecule has 104 valence electrons. The van der Waals surface area contributed by atoms with Gasteiger partial charge in [-0.2, -0.15) is 0 Å². The number of hydrogen-bond donors (Lipinski definition) is 2. The van der Waals surface area contributed by atoms with Gasteiger partial charge in [0.15, 0.2) is 0 Å². The van der Waals surface area contributed by atoms with E-state index in [9.17, 15) is 8.42 Å². The van der Waals surface area contributed by atoms with Crippen molar-refractivity contribution in [3.05, 3.63) is 0 Å². The van der Waals surface area contributed by atoms with Gasteiger partial charge in [-0.05, 0) is 25.9 Å². The average Bonchev–Trinajstić information content (AvgIpc) is 2.24. The fraction of sp³-hybridized carbons (Fsp3) is 1.00. The van der Waals surface area contributed by atoms with E-state index in [0.717, 1.165) is 38.8 Å². The molecule has 0 saturated heterocycles. The van der Waals surface area contributed by atoms with Crippen LogP contribution in [0.2, 0.25) is 0 Å². The monoisotopic (exact) mass is 268 g/mol. The molecular weight excluding hydrogens is 244 g/mol. The van der Waals surface area contributed by atoms with Crippen molar-refractivity contribution >= 4 is 10.0 Å². The lowest BCUT2D eigenvalue weighted by atomic mass is 10.4. The smallest absolute Gasteiger partial charge is 0.208 e. The highest BCUT2D eigenvalue weighted by molar-refractivity contribution is 7.88. The number of nitrogens with one attached hydrogen (secondary N) is 2. The van der Waals surface area contributed by atoms with E-state index in [-0.39, 0.29) is 0 Å². The third kappa shape index (κ3) is 15.8. The molecule has 7 heteroatoms. The predicted molar refractivity (Wildman–Crippen MR) is 67.6 cm³/mol. The molecule has 0 fully saturated rings. The second-order valence-electron chi connectivity index (χ2n) is 3.73. The number of methoxy groups -OCH3 is 1. The van der Waals surface area contributed by atoms with Crippen LogP contribution in [0.25, 0.3) is 0 Å². The van der Waals surface area contributed by atoms with E-state index in [1.165, 1.54) is 0 Å². The molecular formula is C10H24N2O4S. The van der Waals surface area contributed by atoms with Gasteiger partial charge < -0.3 is 14.8 Å². The molecule has 0 aromatic rings. The van der Waals surface area contributed by atoms with E-state index >= 15 is 0 Å². The van der Waals surface area contributed by atoms with Crippen molar-refractivity contribution in [2.24, 2.45) is 0 Å². The molecule has 0 unspecified atom stereocenters. The lowest BCUT2D eigenvalue weighted by molar-refractivity contribution is 0.0695. The Hall–Kier alpha value is -0.210. The van der Waals surface area contributed by atoms with Crippen LogP contribution in [0.4, 0.5) is 0 Å². The fourth-order valence-corrected chi connectivity index (χ4v) is 1.65. The van der Waals surface area contributed by atoms with Crippen molar-refractivity contribution in [2.45, 2.75) is 12.8 Å². The Kier molecular flexibility index (Phi) is 10.8. The maximum absolute atomic E-state index is 10.7. The summed E-state index contributed by atoms with van der Waals surface area (Å²) in [4.78, 5) is 0. The number of rotatable bonds is 12. The number of ether oxygens (including phenoxy) is 2. The van der Waals surface area contributed by atoms with E-state index < -0.39 is 10.0 Å². The first kappa shape index (κ1) is 16.8. The molecule has 0 atom stereocenters. The van der Waals surface area contributed by atoms with Crippen molar-refractivity contribution in [2.75, 3.05) is 52.8 Å². The summed E-state index contributed by atoms with van der Waals surface area (Å²) in [7, 11) is -1.40. The highest BCUT2D eigenvalue weighted by Crippen LogP contribution is 1.83. The van der Waals surface area contributed by atoms with Crippen molar-refractivity contribution in [1.29, 1.82) is 0 Å². The SMILES string of the molecule is COCCOCCCNCCCNS(C)(=O)=O. The molecule has 0 aliphatic rings. The molecule has 0 aromatic carbocycles. The Morgan fingerprint density at radius 3 is 2.35 bits per heavy atom. The van der Waals surface area contributed by atoms with Crippen molar-refractivity contribution in [1.82, 2.24) is 10.0 Å². The van der Waals surface area contributed by atoms with Crippen molar-refractivity contribution in [3.8, 4) is 0 Å². The van der Waals surface area contributed by atoms with Gasteiger partial charge in [-0.25, -0.2) is 13.1 Å². The first-order valence-corrected chi connectivity index (χ1v) is 7.67. The molecule has 0 spiro atoms. The Labute approximate surface area is 104 Å². The van der Waals surface area contributed by atoms with Crippen LogP contribution in [0.15, 0.2) is 0 Å². The van der Waals surface area contributed by atoms with Crippen LogP contribution < -0.4 is 10.0 Å². The first-order valence-electron chi connectivity index (χ1n) is 5.78. The lowest BCUT2D eigenvalue weighted by Crippen LogP contribution is -2.27. The van der Waals surface area contributed by atoms with Gasteiger partial charge in [0.2, 0.25) is 10.0 Å². The Morgan fingerprint density at radius 1 is 1.00 bits per heavy atom. The molecule has 0 saturated carbocycles. The van der Waals surface area contributed by atoms with Gasteiger partial charge in [-0.1, -0.05) is 0 Å². The molecule has 0 aliphatic heterocycles. The summed E-state index contributed by atoms with van der Waals surface area (Å²) in [5.74, 6) is 0. The average molecular weight is 268 g/mol. The van der Waals surface area contributed by atoms with Gasteiger partial charge >= 0.3 is 0 Å². The van der Waals surface area contributed by atoms with Crippen LogP contribution in [0.1, 0.15) is 12.8 Å². The largest absolute Gasteiger partial charge is 0.382 e. The highest BCUT2D eigenvalue weighted by atomic mass is 32.2. The standard InChI is InChI=1S/C10H24N2O4S/c1-15-9-10-16-8-4-6-11-5-3-7-12-17(2,13)14/h11-12H,3-10H2,1-2H3. The molecule has 0 rings (SSSR count). The topological polar surface area (TPSA) is 76.7 Å². The molecule has 0 bridgehead atoms. The minimum Gasteiger partial charge on any atom is -0.382 e. The molecule has 0 radical (unpaired) electrons. The van der Waals surface area contributed by atoms with Crippen LogP contribution in [-0.4, -0.2) is 61.2 Å². The van der Waals surface area contributed by atoms with Gasteiger partial charge in [0.05, 0.1) is 19.5 Å². The van der Waals surface area contributed by atoms with E-state index in [0.29, 0.717) is 19.8 Å². The van der Waals surface area contributed by atoms with Gasteiger partial charge in [0.1, 0.15) is 0 Å². The molecule has 0 aliphatic carbocycles. The summed E-state index contributed by atoms with van der Waals surface area (Å²) in [6, 6.07) is 0. The van der Waals surface area contributed by atoms with Crippen LogP contribution in [0.3, 0.4) is 0 Å². The fourth-order valence-electron chi connectivity index (χ4n) is 1.14. The normalized spacial score (nSPS) is 11.9. The van der Waals surface area contributed by atoms with Gasteiger partial charge in [0.25, 0.3) is 0 Å². The minimum absolute atomic E-state index is 0.482. The first-order chi connectivity index (χ1) is 8.06. The second kappa shape index (κ2) is 10.9. The summed E-state index contributed by atoms with van der Waals surface area (Å²) in [5.41, 5.74) is 0. The quantitative estimate of drug-likeness (QED) is 0.470. The molecule has 17 heavy (non-hydrogen) atoms. The molecule has 0 amide bonds. The molecule has 0 aromatic heterocycles. The molecule has 6 nitrogen and oxygen atoms in total.